The second-order valence-electron chi connectivity index (χ2n) is 5.19. The molecule has 0 bridgehead atoms. The molecular formula is C15H16Cl3N3O2S. The first-order chi connectivity index (χ1) is 11.1. The number of rotatable bonds is 4. The summed E-state index contributed by atoms with van der Waals surface area (Å²) in [6, 6.07) is 5.15. The van der Waals surface area contributed by atoms with Crippen LogP contribution in [-0.2, 0) is 6.54 Å². The van der Waals surface area contributed by atoms with Gasteiger partial charge in [0.05, 0.1) is 16.6 Å². The van der Waals surface area contributed by atoms with Gasteiger partial charge in [-0.1, -0.05) is 23.2 Å². The number of carbonyl (C=O) groups excluding carboxylic acids is 1. The molecule has 0 saturated carbocycles. The average molecular weight is 409 g/mol. The molecule has 130 valence electrons. The van der Waals surface area contributed by atoms with Gasteiger partial charge in [0.2, 0.25) is 0 Å². The third-order valence-corrected chi connectivity index (χ3v) is 5.18. The van der Waals surface area contributed by atoms with Crippen LogP contribution in [0.1, 0.15) is 21.9 Å². The van der Waals surface area contributed by atoms with Gasteiger partial charge >= 0.3 is 0 Å². The molecule has 2 heterocycles. The number of ether oxygens (including phenoxy) is 1. The van der Waals surface area contributed by atoms with Crippen LogP contribution in [0.5, 0.6) is 5.75 Å². The molecule has 1 saturated heterocycles. The molecule has 1 amide bonds. The maximum atomic E-state index is 12.4. The van der Waals surface area contributed by atoms with Crippen LogP contribution in [0, 0.1) is 0 Å². The number of aromatic nitrogens is 1. The fourth-order valence-corrected chi connectivity index (χ4v) is 3.35. The zero-order valence-corrected chi connectivity index (χ0v) is 15.7. The van der Waals surface area contributed by atoms with Crippen molar-refractivity contribution in [2.45, 2.75) is 19.1 Å². The molecule has 1 aliphatic heterocycles. The average Bonchev–Trinajstić information content (AvgIpc) is 3.19. The quantitative estimate of drug-likeness (QED) is 0.839. The predicted octanol–water partition coefficient (Wildman–Crippen LogP) is 3.62. The summed E-state index contributed by atoms with van der Waals surface area (Å²) in [4.78, 5) is 18.4. The van der Waals surface area contributed by atoms with E-state index in [9.17, 15) is 4.79 Å². The van der Waals surface area contributed by atoms with Crippen LogP contribution in [0.2, 0.25) is 10.0 Å². The molecule has 2 aromatic rings. The largest absolute Gasteiger partial charge is 0.488 e. The van der Waals surface area contributed by atoms with Gasteiger partial charge in [-0.3, -0.25) is 4.79 Å². The van der Waals surface area contributed by atoms with E-state index in [-0.39, 0.29) is 24.4 Å². The number of halogens is 3. The van der Waals surface area contributed by atoms with Crippen molar-refractivity contribution in [2.75, 3.05) is 13.1 Å². The van der Waals surface area contributed by atoms with Crippen molar-refractivity contribution >= 4 is 52.9 Å². The molecule has 1 unspecified atom stereocenters. The number of amides is 1. The van der Waals surface area contributed by atoms with Gasteiger partial charge in [0.15, 0.2) is 0 Å². The standard InChI is InChI=1S/C15H15Cl2N3O2S.ClH/c16-11-2-1-9(5-12(11)17)22-10-3-4-20(7-10)15(21)13-8-23-14(6-18)19-13;/h1-2,5,8,10H,3-4,6-7,18H2;1H. The lowest BCUT2D eigenvalue weighted by molar-refractivity contribution is 0.0767. The van der Waals surface area contributed by atoms with Crippen molar-refractivity contribution in [3.63, 3.8) is 0 Å². The summed E-state index contributed by atoms with van der Waals surface area (Å²) >= 11 is 13.3. The van der Waals surface area contributed by atoms with Gasteiger partial charge in [0.25, 0.3) is 5.91 Å². The Kier molecular flexibility index (Phi) is 6.71. The Hall–Kier alpha value is -1.05. The van der Waals surface area contributed by atoms with E-state index in [2.05, 4.69) is 4.98 Å². The number of carbonyl (C=O) groups is 1. The van der Waals surface area contributed by atoms with E-state index in [4.69, 9.17) is 33.7 Å². The van der Waals surface area contributed by atoms with Crippen molar-refractivity contribution in [3.05, 3.63) is 44.3 Å². The molecule has 9 heteroatoms. The summed E-state index contributed by atoms with van der Waals surface area (Å²) in [5.41, 5.74) is 5.98. The molecule has 2 N–H and O–H groups in total. The highest BCUT2D eigenvalue weighted by atomic mass is 35.5. The van der Waals surface area contributed by atoms with Crippen LogP contribution in [0.4, 0.5) is 0 Å². The van der Waals surface area contributed by atoms with Gasteiger partial charge in [-0.2, -0.15) is 0 Å². The number of hydrogen-bond acceptors (Lipinski definition) is 5. The van der Waals surface area contributed by atoms with Crippen molar-refractivity contribution in [3.8, 4) is 5.75 Å². The summed E-state index contributed by atoms with van der Waals surface area (Å²) in [5, 5.41) is 3.45. The molecule has 1 atom stereocenters. The minimum Gasteiger partial charge on any atom is -0.488 e. The number of hydrogen-bond donors (Lipinski definition) is 1. The van der Waals surface area contributed by atoms with E-state index in [0.29, 0.717) is 41.1 Å². The Bertz CT molecular complexity index is 726. The Morgan fingerprint density at radius 3 is 2.88 bits per heavy atom. The van der Waals surface area contributed by atoms with Crippen LogP contribution in [-0.4, -0.2) is 35.0 Å². The van der Waals surface area contributed by atoms with Gasteiger partial charge in [-0.25, -0.2) is 4.98 Å². The second kappa shape index (κ2) is 8.36. The van der Waals surface area contributed by atoms with Crippen molar-refractivity contribution in [2.24, 2.45) is 5.73 Å². The van der Waals surface area contributed by atoms with Crippen LogP contribution in [0.15, 0.2) is 23.6 Å². The number of thiazole rings is 1. The molecule has 0 spiro atoms. The number of likely N-dealkylation sites (tertiary alicyclic amines) is 1. The highest BCUT2D eigenvalue weighted by Gasteiger charge is 2.29. The zero-order chi connectivity index (χ0) is 16.4. The number of nitrogens with two attached hydrogens (primary N) is 1. The van der Waals surface area contributed by atoms with E-state index < -0.39 is 0 Å². The summed E-state index contributed by atoms with van der Waals surface area (Å²) < 4.78 is 5.88. The van der Waals surface area contributed by atoms with Crippen molar-refractivity contribution in [1.82, 2.24) is 9.88 Å². The van der Waals surface area contributed by atoms with E-state index in [1.54, 1.807) is 28.5 Å². The maximum absolute atomic E-state index is 12.4. The summed E-state index contributed by atoms with van der Waals surface area (Å²) in [5.74, 6) is 0.568. The monoisotopic (exact) mass is 407 g/mol. The first-order valence-electron chi connectivity index (χ1n) is 7.12. The second-order valence-corrected chi connectivity index (χ2v) is 6.94. The topological polar surface area (TPSA) is 68.5 Å². The van der Waals surface area contributed by atoms with Gasteiger partial charge in [0, 0.05) is 31.0 Å². The maximum Gasteiger partial charge on any atom is 0.273 e. The first kappa shape index (κ1) is 19.3. The minimum atomic E-state index is -0.0822. The Labute approximate surface area is 160 Å². The zero-order valence-electron chi connectivity index (χ0n) is 12.6. The fourth-order valence-electron chi connectivity index (χ4n) is 2.42. The SMILES string of the molecule is Cl.NCc1nc(C(=O)N2CCC(Oc3ccc(Cl)c(Cl)c3)C2)cs1. The van der Waals surface area contributed by atoms with E-state index in [1.807, 2.05) is 0 Å². The van der Waals surface area contributed by atoms with Crippen molar-refractivity contribution in [1.29, 1.82) is 0 Å². The molecule has 1 fully saturated rings. The summed E-state index contributed by atoms with van der Waals surface area (Å²) in [6.45, 7) is 1.51. The molecule has 24 heavy (non-hydrogen) atoms. The Morgan fingerprint density at radius 2 is 2.21 bits per heavy atom. The molecule has 5 nitrogen and oxygen atoms in total. The van der Waals surface area contributed by atoms with Crippen LogP contribution in [0.3, 0.4) is 0 Å². The normalized spacial score (nSPS) is 16.8. The van der Waals surface area contributed by atoms with Crippen LogP contribution in [0.25, 0.3) is 0 Å². The molecular weight excluding hydrogens is 393 g/mol. The lowest BCUT2D eigenvalue weighted by atomic mass is 10.3. The minimum absolute atomic E-state index is 0. The Balaban J connectivity index is 0.00000208. The van der Waals surface area contributed by atoms with E-state index in [1.165, 1.54) is 11.3 Å². The number of nitrogens with zero attached hydrogens (tertiary/aromatic N) is 2. The smallest absolute Gasteiger partial charge is 0.273 e. The molecule has 3 rings (SSSR count). The molecule has 0 radical (unpaired) electrons. The lowest BCUT2D eigenvalue weighted by Crippen LogP contribution is -2.31. The summed E-state index contributed by atoms with van der Waals surface area (Å²) in [6.07, 6.45) is 0.698. The summed E-state index contributed by atoms with van der Waals surface area (Å²) in [7, 11) is 0. The third kappa shape index (κ3) is 4.32. The fraction of sp³-hybridized carbons (Fsp3) is 0.333. The highest BCUT2D eigenvalue weighted by molar-refractivity contribution is 7.09. The lowest BCUT2D eigenvalue weighted by Gasteiger charge is -2.16. The van der Waals surface area contributed by atoms with Gasteiger partial charge < -0.3 is 15.4 Å². The van der Waals surface area contributed by atoms with Gasteiger partial charge in [0.1, 0.15) is 22.6 Å². The molecule has 0 aliphatic carbocycles. The molecule has 1 aromatic heterocycles. The number of benzene rings is 1. The van der Waals surface area contributed by atoms with Gasteiger partial charge in [-0.05, 0) is 12.1 Å². The van der Waals surface area contributed by atoms with Crippen LogP contribution < -0.4 is 10.5 Å². The third-order valence-electron chi connectivity index (χ3n) is 3.57. The van der Waals surface area contributed by atoms with E-state index in [0.717, 1.165) is 11.4 Å². The molecule has 1 aliphatic rings. The highest BCUT2D eigenvalue weighted by Crippen LogP contribution is 2.28. The van der Waals surface area contributed by atoms with E-state index >= 15 is 0 Å². The van der Waals surface area contributed by atoms with Gasteiger partial charge in [-0.15, -0.1) is 23.7 Å². The predicted molar refractivity (Wildman–Crippen MR) is 98.7 cm³/mol. The Morgan fingerprint density at radius 1 is 1.42 bits per heavy atom. The van der Waals surface area contributed by atoms with Crippen LogP contribution >= 0.6 is 46.9 Å². The molecule has 1 aromatic carbocycles. The van der Waals surface area contributed by atoms with Crippen molar-refractivity contribution < 1.29 is 9.53 Å². The first-order valence-corrected chi connectivity index (χ1v) is 8.76.